The van der Waals surface area contributed by atoms with E-state index in [1.807, 2.05) is 6.08 Å². The van der Waals surface area contributed by atoms with E-state index in [1.54, 1.807) is 6.08 Å². The fourth-order valence-electron chi connectivity index (χ4n) is 12.2. The maximum absolute atomic E-state index is 13.5. The van der Waals surface area contributed by atoms with Crippen LogP contribution in [0.5, 0.6) is 0 Å². The molecule has 86 heavy (non-hydrogen) atoms. The molecule has 1 fully saturated rings. The van der Waals surface area contributed by atoms with Crippen LogP contribution >= 0.6 is 0 Å². The first-order valence-electron chi connectivity index (χ1n) is 37.6. The second kappa shape index (κ2) is 63.3. The van der Waals surface area contributed by atoms with Crippen molar-refractivity contribution in [1.29, 1.82) is 0 Å². The Morgan fingerprint density at radius 3 is 1.13 bits per heavy atom. The summed E-state index contributed by atoms with van der Waals surface area (Å²) in [5.74, 6) is -1.17. The van der Waals surface area contributed by atoms with E-state index in [0.717, 1.165) is 57.8 Å². The zero-order valence-electron chi connectivity index (χ0n) is 56.7. The molecule has 0 spiro atoms. The van der Waals surface area contributed by atoms with Gasteiger partial charge < -0.3 is 45.1 Å². The molecule has 11 nitrogen and oxygen atoms in total. The van der Waals surface area contributed by atoms with E-state index in [0.29, 0.717) is 19.3 Å². The predicted molar refractivity (Wildman–Crippen MR) is 361 cm³/mol. The lowest BCUT2D eigenvalue weighted by Crippen LogP contribution is -2.61. The molecule has 0 aromatic carbocycles. The minimum Gasteiger partial charge on any atom is -0.454 e. The van der Waals surface area contributed by atoms with Gasteiger partial charge in [0.1, 0.15) is 24.4 Å². The number of aliphatic hydroxyl groups excluding tert-OH is 5. The highest BCUT2D eigenvalue weighted by molar-refractivity contribution is 5.80. The Kier molecular flexibility index (Phi) is 60.5. The SMILES string of the molecule is CCCCCCCC/C=C/CCCCCCCCCCCCCCCCCC(=O)OC1C(OCC(NC(=O)C(O)CCCCCCCCCCCCCCCCCCCCCC)C(O)/C=C/CCCCCCCCCCCC)OC(CO)C(O)C1O. The smallest absolute Gasteiger partial charge is 0.306 e. The fourth-order valence-corrected chi connectivity index (χ4v) is 12.2. The maximum Gasteiger partial charge on any atom is 0.306 e. The summed E-state index contributed by atoms with van der Waals surface area (Å²) in [6.07, 6.45) is 66.6. The molecule has 0 radical (unpaired) electrons. The molecule has 8 atom stereocenters. The van der Waals surface area contributed by atoms with Crippen LogP contribution in [0.25, 0.3) is 0 Å². The normalized spacial score (nSPS) is 18.3. The lowest BCUT2D eigenvalue weighted by molar-refractivity contribution is -0.305. The summed E-state index contributed by atoms with van der Waals surface area (Å²) in [5.41, 5.74) is 0. The molecule has 8 unspecified atom stereocenters. The summed E-state index contributed by atoms with van der Waals surface area (Å²) < 4.78 is 17.7. The first-order chi connectivity index (χ1) is 42.2. The van der Waals surface area contributed by atoms with Gasteiger partial charge in [-0.05, 0) is 51.4 Å². The molecule has 0 aromatic rings. The summed E-state index contributed by atoms with van der Waals surface area (Å²) >= 11 is 0. The summed E-state index contributed by atoms with van der Waals surface area (Å²) in [7, 11) is 0. The number of aliphatic hydroxyl groups is 5. The lowest BCUT2D eigenvalue weighted by atomic mass is 9.99. The largest absolute Gasteiger partial charge is 0.454 e. The van der Waals surface area contributed by atoms with Gasteiger partial charge in [0.25, 0.3) is 0 Å². The van der Waals surface area contributed by atoms with Crippen molar-refractivity contribution >= 4 is 11.9 Å². The average Bonchev–Trinajstić information content (AvgIpc) is 3.39. The van der Waals surface area contributed by atoms with E-state index < -0.39 is 67.4 Å². The van der Waals surface area contributed by atoms with E-state index >= 15 is 0 Å². The number of rotatable bonds is 66. The second-order valence-electron chi connectivity index (χ2n) is 26.4. The minimum atomic E-state index is -1.61. The second-order valence-corrected chi connectivity index (χ2v) is 26.4. The summed E-state index contributed by atoms with van der Waals surface area (Å²) in [5, 5.41) is 57.3. The van der Waals surface area contributed by atoms with E-state index in [-0.39, 0.29) is 13.0 Å². The maximum atomic E-state index is 13.5. The van der Waals surface area contributed by atoms with Gasteiger partial charge in [-0.15, -0.1) is 0 Å². The quantitative estimate of drug-likeness (QED) is 0.0195. The number of ether oxygens (including phenoxy) is 3. The van der Waals surface area contributed by atoms with Crippen molar-refractivity contribution in [1.82, 2.24) is 5.32 Å². The Bertz CT molecular complexity index is 1500. The van der Waals surface area contributed by atoms with E-state index in [1.165, 1.54) is 276 Å². The number of amides is 1. The highest BCUT2D eigenvalue weighted by Crippen LogP contribution is 2.27. The molecule has 6 N–H and O–H groups in total. The van der Waals surface area contributed by atoms with Crippen LogP contribution in [-0.4, -0.2) is 99.6 Å². The van der Waals surface area contributed by atoms with Gasteiger partial charge in [-0.1, -0.05) is 347 Å². The van der Waals surface area contributed by atoms with Crippen molar-refractivity contribution in [3.8, 4) is 0 Å². The van der Waals surface area contributed by atoms with Gasteiger partial charge in [0.15, 0.2) is 12.4 Å². The predicted octanol–water partition coefficient (Wildman–Crippen LogP) is 19.6. The van der Waals surface area contributed by atoms with Crippen molar-refractivity contribution in [3.63, 3.8) is 0 Å². The Morgan fingerprint density at radius 1 is 0.442 bits per heavy atom. The summed E-state index contributed by atoms with van der Waals surface area (Å²) in [6, 6.07) is -1.02. The van der Waals surface area contributed by atoms with Crippen LogP contribution in [0.3, 0.4) is 0 Å². The molecule has 0 bridgehead atoms. The highest BCUT2D eigenvalue weighted by Gasteiger charge is 2.47. The molecule has 1 saturated heterocycles. The van der Waals surface area contributed by atoms with Crippen molar-refractivity contribution in [2.45, 2.75) is 429 Å². The molecular weight excluding hydrogens is 1070 g/mol. The van der Waals surface area contributed by atoms with Crippen molar-refractivity contribution < 1.29 is 49.3 Å². The number of hydrogen-bond donors (Lipinski definition) is 6. The Hall–Kier alpha value is -1.86. The summed E-state index contributed by atoms with van der Waals surface area (Å²) in [6.45, 7) is 5.86. The first-order valence-corrected chi connectivity index (χ1v) is 37.6. The van der Waals surface area contributed by atoms with Crippen molar-refractivity contribution in [3.05, 3.63) is 24.3 Å². The van der Waals surface area contributed by atoms with Gasteiger partial charge in [-0.25, -0.2) is 0 Å². The summed E-state index contributed by atoms with van der Waals surface area (Å²) in [4.78, 5) is 26.7. The zero-order chi connectivity index (χ0) is 62.4. The number of nitrogens with one attached hydrogen (secondary N) is 1. The average molecular weight is 1220 g/mol. The van der Waals surface area contributed by atoms with Crippen molar-refractivity contribution in [2.24, 2.45) is 0 Å². The minimum absolute atomic E-state index is 0.129. The van der Waals surface area contributed by atoms with Crippen LogP contribution < -0.4 is 5.32 Å². The molecule has 0 saturated carbocycles. The molecule has 1 rings (SSSR count). The topological polar surface area (TPSA) is 175 Å². The first kappa shape index (κ1) is 82.2. The van der Waals surface area contributed by atoms with Crippen LogP contribution in [0, 0.1) is 0 Å². The van der Waals surface area contributed by atoms with Gasteiger partial charge in [0.2, 0.25) is 5.91 Å². The number of unbranched alkanes of at least 4 members (excludes halogenated alkanes) is 50. The van der Waals surface area contributed by atoms with E-state index in [2.05, 4.69) is 38.2 Å². The third kappa shape index (κ3) is 49.9. The van der Waals surface area contributed by atoms with Gasteiger partial charge in [-0.2, -0.15) is 0 Å². The van der Waals surface area contributed by atoms with Gasteiger partial charge in [0, 0.05) is 6.42 Å². The third-order valence-corrected chi connectivity index (χ3v) is 18.1. The molecule has 1 amide bonds. The monoisotopic (exact) mass is 1220 g/mol. The van der Waals surface area contributed by atoms with Crippen LogP contribution in [0.1, 0.15) is 380 Å². The molecule has 1 aliphatic rings. The molecular formula is C75H143NO10. The van der Waals surface area contributed by atoms with Gasteiger partial charge >= 0.3 is 5.97 Å². The number of allylic oxidation sites excluding steroid dienone is 3. The van der Waals surface area contributed by atoms with Crippen LogP contribution in [0.15, 0.2) is 24.3 Å². The van der Waals surface area contributed by atoms with E-state index in [4.69, 9.17) is 14.2 Å². The number of esters is 1. The highest BCUT2D eigenvalue weighted by atomic mass is 16.7. The van der Waals surface area contributed by atoms with Crippen LogP contribution in [-0.2, 0) is 23.8 Å². The van der Waals surface area contributed by atoms with Crippen molar-refractivity contribution in [2.75, 3.05) is 13.2 Å². The molecule has 0 aromatic heterocycles. The Morgan fingerprint density at radius 2 is 0.767 bits per heavy atom. The van der Waals surface area contributed by atoms with Gasteiger partial charge in [-0.3, -0.25) is 9.59 Å². The van der Waals surface area contributed by atoms with Gasteiger partial charge in [0.05, 0.1) is 25.4 Å². The zero-order valence-corrected chi connectivity index (χ0v) is 56.7. The van der Waals surface area contributed by atoms with Crippen LogP contribution in [0.2, 0.25) is 0 Å². The lowest BCUT2D eigenvalue weighted by Gasteiger charge is -2.41. The molecule has 0 aliphatic carbocycles. The third-order valence-electron chi connectivity index (χ3n) is 18.1. The number of carbonyl (C=O) groups is 2. The number of carbonyl (C=O) groups excluding carboxylic acids is 2. The fraction of sp³-hybridized carbons (Fsp3) is 0.920. The molecule has 508 valence electrons. The number of hydrogen-bond acceptors (Lipinski definition) is 10. The standard InChI is InChI=1S/C75H143NO10/c1-4-7-10-13-16-19-22-25-27-29-31-33-34-35-36-37-39-41-43-45-48-51-54-57-60-63-70(80)86-73-72(82)71(81)69(64-77)85-75(73)84-65-66(67(78)61-58-55-52-49-46-24-21-18-15-12-9-6-3)76-74(83)68(79)62-59-56-53-50-47-44-42-40-38-32-30-28-26-23-20-17-14-11-8-5-2/h25,27,58,61,66-69,71-73,75,77-79,81-82H,4-24,26,28-57,59-60,62-65H2,1-3H3,(H,76,83)/b27-25+,61-58+. The Balaban J connectivity index is 2.52. The molecule has 1 aliphatic heterocycles. The van der Waals surface area contributed by atoms with Crippen LogP contribution in [0.4, 0.5) is 0 Å². The van der Waals surface area contributed by atoms with E-state index in [9.17, 15) is 35.1 Å². The molecule has 11 heteroatoms. The Labute approximate surface area is 531 Å². The molecule has 1 heterocycles.